The smallest absolute Gasteiger partial charge is 0.316 e. The Hall–Kier alpha value is -1.49. The molecule has 2 N–H and O–H groups in total. The van der Waals surface area contributed by atoms with Gasteiger partial charge in [-0.3, -0.25) is 9.59 Å². The molecule has 17 heavy (non-hydrogen) atoms. The summed E-state index contributed by atoms with van der Waals surface area (Å²) in [4.78, 5) is 22.6. The molecule has 1 aromatic carbocycles. The molecule has 0 unspecified atom stereocenters. The van der Waals surface area contributed by atoms with Gasteiger partial charge in [0.1, 0.15) is 0 Å². The van der Waals surface area contributed by atoms with E-state index in [1.807, 2.05) is 32.0 Å². The van der Waals surface area contributed by atoms with Crippen LogP contribution in [0.1, 0.15) is 11.1 Å². The molecule has 0 bridgehead atoms. The zero-order chi connectivity index (χ0) is 12.8. The second-order valence-corrected chi connectivity index (χ2v) is 4.71. The summed E-state index contributed by atoms with van der Waals surface area (Å²) in [5, 5.41) is 0. The summed E-state index contributed by atoms with van der Waals surface area (Å²) in [7, 11) is 0. The second-order valence-electron chi connectivity index (χ2n) is 3.66. The average molecular weight is 253 g/mol. The van der Waals surface area contributed by atoms with Crippen LogP contribution in [-0.4, -0.2) is 24.2 Å². The van der Waals surface area contributed by atoms with Crippen molar-refractivity contribution in [1.29, 1.82) is 0 Å². The normalized spacial score (nSPS) is 10.0. The van der Waals surface area contributed by atoms with Gasteiger partial charge in [0.15, 0.2) is 6.61 Å². The Balaban J connectivity index is 2.42. The van der Waals surface area contributed by atoms with Crippen LogP contribution in [0.2, 0.25) is 0 Å². The lowest BCUT2D eigenvalue weighted by Gasteiger charge is -2.05. The molecule has 0 fully saturated rings. The molecule has 0 heterocycles. The first-order valence-electron chi connectivity index (χ1n) is 5.13. The Labute approximate surface area is 105 Å². The van der Waals surface area contributed by atoms with Crippen molar-refractivity contribution in [2.75, 3.05) is 12.4 Å². The van der Waals surface area contributed by atoms with E-state index in [4.69, 9.17) is 5.73 Å². The Morgan fingerprint density at radius 3 is 2.59 bits per heavy atom. The number of thioether (sulfide) groups is 1. The van der Waals surface area contributed by atoms with E-state index in [-0.39, 0.29) is 12.4 Å². The standard InChI is InChI=1S/C12H15NO3S/c1-8-3-4-10(5-9(8)2)17-7-12(15)16-6-11(13)14/h3-5H,6-7H2,1-2H3,(H2,13,14). The second kappa shape index (κ2) is 6.30. The summed E-state index contributed by atoms with van der Waals surface area (Å²) in [5.74, 6) is -0.906. The number of hydrogen-bond donors (Lipinski definition) is 1. The highest BCUT2D eigenvalue weighted by Gasteiger charge is 2.06. The van der Waals surface area contributed by atoms with E-state index in [1.54, 1.807) is 0 Å². The monoisotopic (exact) mass is 253 g/mol. The summed E-state index contributed by atoms with van der Waals surface area (Å²) in [6, 6.07) is 5.97. The molecule has 0 aromatic heterocycles. The number of primary amides is 1. The fraction of sp³-hybridized carbons (Fsp3) is 0.333. The van der Waals surface area contributed by atoms with E-state index >= 15 is 0 Å². The van der Waals surface area contributed by atoms with Crippen molar-refractivity contribution in [1.82, 2.24) is 0 Å². The number of hydrogen-bond acceptors (Lipinski definition) is 4. The van der Waals surface area contributed by atoms with Crippen LogP contribution in [0.25, 0.3) is 0 Å². The van der Waals surface area contributed by atoms with Gasteiger partial charge in [-0.05, 0) is 37.1 Å². The molecule has 92 valence electrons. The van der Waals surface area contributed by atoms with Crippen LogP contribution in [0.15, 0.2) is 23.1 Å². The van der Waals surface area contributed by atoms with Gasteiger partial charge in [-0.1, -0.05) is 6.07 Å². The molecule has 0 aliphatic heterocycles. The van der Waals surface area contributed by atoms with Gasteiger partial charge in [-0.25, -0.2) is 0 Å². The number of aryl methyl sites for hydroxylation is 2. The fourth-order valence-electron chi connectivity index (χ4n) is 1.14. The van der Waals surface area contributed by atoms with E-state index in [0.29, 0.717) is 0 Å². The fourth-order valence-corrected chi connectivity index (χ4v) is 1.93. The lowest BCUT2D eigenvalue weighted by atomic mass is 10.1. The molecule has 0 aliphatic rings. The molecule has 0 radical (unpaired) electrons. The predicted molar refractivity (Wildman–Crippen MR) is 66.8 cm³/mol. The zero-order valence-corrected chi connectivity index (χ0v) is 10.7. The topological polar surface area (TPSA) is 69.4 Å². The first-order chi connectivity index (χ1) is 7.99. The predicted octanol–water partition coefficient (Wildman–Crippen LogP) is 1.42. The highest BCUT2D eigenvalue weighted by Crippen LogP contribution is 2.20. The molecule has 0 atom stereocenters. The van der Waals surface area contributed by atoms with Gasteiger partial charge in [0, 0.05) is 4.90 Å². The van der Waals surface area contributed by atoms with Gasteiger partial charge in [-0.2, -0.15) is 0 Å². The molecular formula is C12H15NO3S. The largest absolute Gasteiger partial charge is 0.455 e. The lowest BCUT2D eigenvalue weighted by Crippen LogP contribution is -2.21. The lowest BCUT2D eigenvalue weighted by molar-refractivity contribution is -0.145. The summed E-state index contributed by atoms with van der Waals surface area (Å²) >= 11 is 1.38. The van der Waals surface area contributed by atoms with Gasteiger partial charge in [-0.15, -0.1) is 11.8 Å². The quantitative estimate of drug-likeness (QED) is 0.636. The van der Waals surface area contributed by atoms with Crippen molar-refractivity contribution in [2.24, 2.45) is 5.73 Å². The number of nitrogens with two attached hydrogens (primary N) is 1. The minimum atomic E-state index is -0.644. The molecular weight excluding hydrogens is 238 g/mol. The zero-order valence-electron chi connectivity index (χ0n) is 9.86. The van der Waals surface area contributed by atoms with Crippen molar-refractivity contribution in [3.63, 3.8) is 0 Å². The highest BCUT2D eigenvalue weighted by molar-refractivity contribution is 8.00. The van der Waals surface area contributed by atoms with Gasteiger partial charge >= 0.3 is 5.97 Å². The number of esters is 1. The van der Waals surface area contributed by atoms with Crippen molar-refractivity contribution in [3.8, 4) is 0 Å². The van der Waals surface area contributed by atoms with Crippen LogP contribution in [0.3, 0.4) is 0 Å². The van der Waals surface area contributed by atoms with Crippen LogP contribution in [0.5, 0.6) is 0 Å². The van der Waals surface area contributed by atoms with Crippen molar-refractivity contribution < 1.29 is 14.3 Å². The first-order valence-corrected chi connectivity index (χ1v) is 6.11. The number of carbonyl (C=O) groups excluding carboxylic acids is 2. The van der Waals surface area contributed by atoms with Crippen LogP contribution in [-0.2, 0) is 14.3 Å². The summed E-state index contributed by atoms with van der Waals surface area (Å²) in [6.07, 6.45) is 0. The first kappa shape index (κ1) is 13.6. The van der Waals surface area contributed by atoms with Gasteiger partial charge in [0.2, 0.25) is 0 Å². The highest BCUT2D eigenvalue weighted by atomic mass is 32.2. The van der Waals surface area contributed by atoms with Gasteiger partial charge in [0.05, 0.1) is 5.75 Å². The third-order valence-corrected chi connectivity index (χ3v) is 3.18. The van der Waals surface area contributed by atoms with E-state index in [2.05, 4.69) is 4.74 Å². The third-order valence-electron chi connectivity index (χ3n) is 2.21. The Bertz CT molecular complexity index is 432. The SMILES string of the molecule is Cc1ccc(SCC(=O)OCC(N)=O)cc1C. The Kier molecular flexibility index (Phi) is 5.03. The van der Waals surface area contributed by atoms with Crippen LogP contribution in [0.4, 0.5) is 0 Å². The maximum Gasteiger partial charge on any atom is 0.316 e. The van der Waals surface area contributed by atoms with Crippen LogP contribution >= 0.6 is 11.8 Å². The number of ether oxygens (including phenoxy) is 1. The van der Waals surface area contributed by atoms with Crippen LogP contribution < -0.4 is 5.73 Å². The number of carbonyl (C=O) groups is 2. The summed E-state index contributed by atoms with van der Waals surface area (Å²) < 4.78 is 4.64. The third kappa shape index (κ3) is 4.91. The Morgan fingerprint density at radius 2 is 2.00 bits per heavy atom. The van der Waals surface area contributed by atoms with E-state index < -0.39 is 11.9 Å². The van der Waals surface area contributed by atoms with Gasteiger partial charge in [0.25, 0.3) is 5.91 Å². The van der Waals surface area contributed by atoms with E-state index in [1.165, 1.54) is 22.9 Å². The van der Waals surface area contributed by atoms with Crippen LogP contribution in [0, 0.1) is 13.8 Å². The maximum atomic E-state index is 11.2. The minimum absolute atomic E-state index is 0.176. The van der Waals surface area contributed by atoms with Crippen molar-refractivity contribution in [2.45, 2.75) is 18.7 Å². The number of amides is 1. The number of benzene rings is 1. The summed E-state index contributed by atoms with van der Waals surface area (Å²) in [6.45, 7) is 3.70. The van der Waals surface area contributed by atoms with E-state index in [0.717, 1.165) is 4.90 Å². The molecule has 0 aliphatic carbocycles. The molecule has 0 saturated carbocycles. The molecule has 1 rings (SSSR count). The van der Waals surface area contributed by atoms with Gasteiger partial charge < -0.3 is 10.5 Å². The Morgan fingerprint density at radius 1 is 1.29 bits per heavy atom. The molecule has 1 aromatic rings. The van der Waals surface area contributed by atoms with E-state index in [9.17, 15) is 9.59 Å². The molecule has 1 amide bonds. The average Bonchev–Trinajstić information content (AvgIpc) is 2.28. The molecule has 4 nitrogen and oxygen atoms in total. The molecule has 0 saturated heterocycles. The summed E-state index contributed by atoms with van der Waals surface area (Å²) in [5.41, 5.74) is 7.26. The maximum absolute atomic E-state index is 11.2. The molecule has 0 spiro atoms. The van der Waals surface area contributed by atoms with Crippen molar-refractivity contribution in [3.05, 3.63) is 29.3 Å². The molecule has 5 heteroatoms. The minimum Gasteiger partial charge on any atom is -0.455 e. The van der Waals surface area contributed by atoms with Crippen molar-refractivity contribution >= 4 is 23.6 Å². The number of rotatable bonds is 5.